The lowest BCUT2D eigenvalue weighted by molar-refractivity contribution is 0.264. The van der Waals surface area contributed by atoms with Gasteiger partial charge in [0.25, 0.3) is 0 Å². The van der Waals surface area contributed by atoms with Crippen LogP contribution in [0.2, 0.25) is 0 Å². The van der Waals surface area contributed by atoms with E-state index in [1.807, 2.05) is 0 Å². The maximum Gasteiger partial charge on any atom is 0.164 e. The summed E-state index contributed by atoms with van der Waals surface area (Å²) in [6.07, 6.45) is 4.95. The molecule has 78 valence electrons. The predicted molar refractivity (Wildman–Crippen MR) is 62.1 cm³/mol. The molecule has 0 spiro atoms. The van der Waals surface area contributed by atoms with Crippen molar-refractivity contribution >= 4 is 17.3 Å². The van der Waals surface area contributed by atoms with Gasteiger partial charge in [-0.15, -0.1) is 0 Å². The molecule has 0 fully saturated rings. The van der Waals surface area contributed by atoms with Crippen LogP contribution in [0.3, 0.4) is 0 Å². The van der Waals surface area contributed by atoms with Gasteiger partial charge in [0.2, 0.25) is 0 Å². The van der Waals surface area contributed by atoms with Crippen LogP contribution in [-0.4, -0.2) is 11.7 Å². The molecule has 0 bridgehead atoms. The van der Waals surface area contributed by atoms with E-state index in [4.69, 9.17) is 17.0 Å². The third kappa shape index (κ3) is 7.00. The Balaban J connectivity index is 3.38. The standard InChI is InChI=1S/C11H22OS/c1-5-6-7-8-9-12-10(13)11(2,3)4/h5-9H2,1-4H3. The molecule has 0 saturated heterocycles. The fourth-order valence-corrected chi connectivity index (χ4v) is 0.994. The highest BCUT2D eigenvalue weighted by atomic mass is 32.1. The van der Waals surface area contributed by atoms with Gasteiger partial charge in [-0.25, -0.2) is 0 Å². The monoisotopic (exact) mass is 202 g/mol. The minimum atomic E-state index is 0.0140. The molecular weight excluding hydrogens is 180 g/mol. The number of ether oxygens (including phenoxy) is 1. The summed E-state index contributed by atoms with van der Waals surface area (Å²) in [7, 11) is 0. The summed E-state index contributed by atoms with van der Waals surface area (Å²) in [5.41, 5.74) is 0.0140. The van der Waals surface area contributed by atoms with Gasteiger partial charge in [0, 0.05) is 5.41 Å². The minimum absolute atomic E-state index is 0.0140. The van der Waals surface area contributed by atoms with E-state index in [1.165, 1.54) is 19.3 Å². The van der Waals surface area contributed by atoms with Gasteiger partial charge < -0.3 is 4.74 Å². The van der Waals surface area contributed by atoms with E-state index in [-0.39, 0.29) is 5.41 Å². The molecule has 1 nitrogen and oxygen atoms in total. The van der Waals surface area contributed by atoms with Crippen LogP contribution in [0.25, 0.3) is 0 Å². The molecule has 0 radical (unpaired) electrons. The molecule has 2 heteroatoms. The minimum Gasteiger partial charge on any atom is -0.486 e. The Morgan fingerprint density at radius 1 is 1.15 bits per heavy atom. The first-order valence-corrected chi connectivity index (χ1v) is 5.56. The van der Waals surface area contributed by atoms with Crippen molar-refractivity contribution in [2.45, 2.75) is 53.4 Å². The van der Waals surface area contributed by atoms with E-state index in [1.54, 1.807) is 0 Å². The third-order valence-corrected chi connectivity index (χ3v) is 2.57. The first kappa shape index (κ1) is 12.9. The lowest BCUT2D eigenvalue weighted by atomic mass is 9.98. The van der Waals surface area contributed by atoms with E-state index in [9.17, 15) is 0 Å². The number of unbranched alkanes of at least 4 members (excludes halogenated alkanes) is 3. The van der Waals surface area contributed by atoms with Gasteiger partial charge in [-0.3, -0.25) is 0 Å². The number of thiocarbonyl (C=S) groups is 1. The Hall–Kier alpha value is -0.110. The third-order valence-electron chi connectivity index (χ3n) is 1.84. The maximum absolute atomic E-state index is 5.48. The number of hydrogen-bond donors (Lipinski definition) is 0. The summed E-state index contributed by atoms with van der Waals surface area (Å²) in [5, 5.41) is 0.740. The zero-order valence-electron chi connectivity index (χ0n) is 9.35. The highest BCUT2D eigenvalue weighted by molar-refractivity contribution is 7.80. The quantitative estimate of drug-likeness (QED) is 0.493. The fraction of sp³-hybridized carbons (Fsp3) is 0.909. The zero-order valence-corrected chi connectivity index (χ0v) is 10.2. The SMILES string of the molecule is CCCCCCOC(=S)C(C)(C)C. The van der Waals surface area contributed by atoms with Crippen LogP contribution in [0.4, 0.5) is 0 Å². The highest BCUT2D eigenvalue weighted by Crippen LogP contribution is 2.17. The molecule has 0 aliphatic carbocycles. The normalized spacial score (nSPS) is 11.4. The van der Waals surface area contributed by atoms with E-state index in [0.717, 1.165) is 18.1 Å². The maximum atomic E-state index is 5.48. The summed E-state index contributed by atoms with van der Waals surface area (Å²) in [5.74, 6) is 0. The van der Waals surface area contributed by atoms with Crippen molar-refractivity contribution in [1.29, 1.82) is 0 Å². The van der Waals surface area contributed by atoms with E-state index in [0.29, 0.717) is 0 Å². The van der Waals surface area contributed by atoms with Gasteiger partial charge in [0.1, 0.15) is 0 Å². The van der Waals surface area contributed by atoms with E-state index in [2.05, 4.69) is 27.7 Å². The van der Waals surface area contributed by atoms with Crippen LogP contribution in [0.5, 0.6) is 0 Å². The predicted octanol–water partition coefficient (Wildman–Crippen LogP) is 3.96. The molecule has 0 aromatic rings. The van der Waals surface area contributed by atoms with Gasteiger partial charge in [-0.2, -0.15) is 0 Å². The summed E-state index contributed by atoms with van der Waals surface area (Å²) in [6, 6.07) is 0. The Bertz CT molecular complexity index is 147. The van der Waals surface area contributed by atoms with Crippen LogP contribution >= 0.6 is 12.2 Å². The van der Waals surface area contributed by atoms with Crippen molar-refractivity contribution in [3.05, 3.63) is 0 Å². The number of hydrogen-bond acceptors (Lipinski definition) is 2. The van der Waals surface area contributed by atoms with Gasteiger partial charge in [-0.05, 0) is 18.6 Å². The van der Waals surface area contributed by atoms with Crippen molar-refractivity contribution in [2.24, 2.45) is 5.41 Å². The van der Waals surface area contributed by atoms with E-state index >= 15 is 0 Å². The lowest BCUT2D eigenvalue weighted by Gasteiger charge is -2.19. The van der Waals surface area contributed by atoms with Gasteiger partial charge in [0.15, 0.2) is 5.05 Å². The topological polar surface area (TPSA) is 9.23 Å². The van der Waals surface area contributed by atoms with Crippen LogP contribution in [0.1, 0.15) is 53.4 Å². The van der Waals surface area contributed by atoms with Gasteiger partial charge >= 0.3 is 0 Å². The summed E-state index contributed by atoms with van der Waals surface area (Å²) >= 11 is 5.15. The Labute approximate surface area is 87.9 Å². The lowest BCUT2D eigenvalue weighted by Crippen LogP contribution is -2.21. The molecular formula is C11H22OS. The molecule has 0 aromatic heterocycles. The number of rotatable bonds is 5. The molecule has 0 amide bonds. The zero-order chi connectivity index (χ0) is 10.3. The molecule has 0 aromatic carbocycles. The average Bonchev–Trinajstić information content (AvgIpc) is 2.02. The van der Waals surface area contributed by atoms with Crippen LogP contribution in [0, 0.1) is 5.41 Å². The summed E-state index contributed by atoms with van der Waals surface area (Å²) in [4.78, 5) is 0. The van der Waals surface area contributed by atoms with Crippen LogP contribution in [-0.2, 0) is 4.74 Å². The average molecular weight is 202 g/mol. The largest absolute Gasteiger partial charge is 0.486 e. The molecule has 0 N–H and O–H groups in total. The second-order valence-corrected chi connectivity index (χ2v) is 4.82. The highest BCUT2D eigenvalue weighted by Gasteiger charge is 2.17. The van der Waals surface area contributed by atoms with Crippen molar-refractivity contribution in [1.82, 2.24) is 0 Å². The van der Waals surface area contributed by atoms with Crippen molar-refractivity contribution in [3.63, 3.8) is 0 Å². The molecule has 13 heavy (non-hydrogen) atoms. The Kier molecular flexibility index (Phi) is 6.31. The fourth-order valence-electron chi connectivity index (χ4n) is 0.910. The van der Waals surface area contributed by atoms with Gasteiger partial charge in [0.05, 0.1) is 6.61 Å². The second kappa shape index (κ2) is 6.36. The molecule has 0 aliphatic rings. The van der Waals surface area contributed by atoms with E-state index < -0.39 is 0 Å². The Morgan fingerprint density at radius 2 is 1.77 bits per heavy atom. The molecule has 0 atom stereocenters. The molecule has 0 aliphatic heterocycles. The van der Waals surface area contributed by atoms with Crippen molar-refractivity contribution < 1.29 is 4.74 Å². The van der Waals surface area contributed by atoms with Crippen molar-refractivity contribution in [2.75, 3.05) is 6.61 Å². The molecule has 0 saturated carbocycles. The smallest absolute Gasteiger partial charge is 0.164 e. The molecule has 0 rings (SSSR count). The molecule has 0 unspecified atom stereocenters. The van der Waals surface area contributed by atoms with Crippen LogP contribution < -0.4 is 0 Å². The molecule has 0 heterocycles. The summed E-state index contributed by atoms with van der Waals surface area (Å²) < 4.78 is 5.48. The first-order chi connectivity index (χ1) is 5.98. The van der Waals surface area contributed by atoms with Gasteiger partial charge in [-0.1, -0.05) is 47.0 Å². The van der Waals surface area contributed by atoms with Crippen molar-refractivity contribution in [3.8, 4) is 0 Å². The summed E-state index contributed by atoms with van der Waals surface area (Å²) in [6.45, 7) is 9.25. The van der Waals surface area contributed by atoms with Crippen LogP contribution in [0.15, 0.2) is 0 Å². The first-order valence-electron chi connectivity index (χ1n) is 5.15. The second-order valence-electron chi connectivity index (χ2n) is 4.45. The Morgan fingerprint density at radius 3 is 2.23 bits per heavy atom.